The minimum Gasteiger partial charge on any atom is -0.345 e. The normalized spacial score (nSPS) is 32.6. The SMILES string of the molecule is C=C1C(C)(C)[C@@H]2CC[C@@]1(C(=O)N1CCN(c3nccs3)CC1)C2. The highest BCUT2D eigenvalue weighted by Gasteiger charge is 2.61. The Morgan fingerprint density at radius 1 is 1.35 bits per heavy atom. The van der Waals surface area contributed by atoms with Crippen molar-refractivity contribution in [1.29, 1.82) is 0 Å². The molecule has 2 heterocycles. The van der Waals surface area contributed by atoms with Gasteiger partial charge in [-0.2, -0.15) is 0 Å². The molecule has 0 aromatic carbocycles. The third kappa shape index (κ3) is 2.09. The summed E-state index contributed by atoms with van der Waals surface area (Å²) in [6.45, 7) is 12.3. The van der Waals surface area contributed by atoms with Gasteiger partial charge in [-0.25, -0.2) is 4.98 Å². The van der Waals surface area contributed by atoms with Gasteiger partial charge in [0.1, 0.15) is 0 Å². The van der Waals surface area contributed by atoms with E-state index in [0.29, 0.717) is 11.8 Å². The summed E-state index contributed by atoms with van der Waals surface area (Å²) in [6, 6.07) is 0. The fourth-order valence-electron chi connectivity index (χ4n) is 4.90. The van der Waals surface area contributed by atoms with E-state index in [1.54, 1.807) is 11.3 Å². The van der Waals surface area contributed by atoms with Gasteiger partial charge in [-0.3, -0.25) is 4.79 Å². The molecular formula is C18H25N3OS. The highest BCUT2D eigenvalue weighted by atomic mass is 32.1. The second-order valence-corrected chi connectivity index (χ2v) is 8.69. The van der Waals surface area contributed by atoms with Crippen LogP contribution in [0.1, 0.15) is 33.1 Å². The zero-order valence-corrected chi connectivity index (χ0v) is 14.9. The van der Waals surface area contributed by atoms with E-state index >= 15 is 0 Å². The van der Waals surface area contributed by atoms with Crippen molar-refractivity contribution in [3.05, 3.63) is 23.7 Å². The molecule has 3 fully saturated rings. The second kappa shape index (κ2) is 5.07. The highest BCUT2D eigenvalue weighted by molar-refractivity contribution is 7.13. The fraction of sp³-hybridized carbons (Fsp3) is 0.667. The second-order valence-electron chi connectivity index (χ2n) is 7.82. The molecule has 124 valence electrons. The third-order valence-corrected chi connectivity index (χ3v) is 7.39. The zero-order valence-electron chi connectivity index (χ0n) is 14.0. The Morgan fingerprint density at radius 3 is 2.65 bits per heavy atom. The Bertz CT molecular complexity index is 631. The van der Waals surface area contributed by atoms with Crippen molar-refractivity contribution in [2.75, 3.05) is 31.1 Å². The quantitative estimate of drug-likeness (QED) is 0.781. The van der Waals surface area contributed by atoms with Gasteiger partial charge in [-0.05, 0) is 30.6 Å². The number of hydrogen-bond donors (Lipinski definition) is 0. The molecule has 1 aromatic rings. The molecule has 3 aliphatic rings. The van der Waals surface area contributed by atoms with Gasteiger partial charge >= 0.3 is 0 Å². The first-order valence-corrected chi connectivity index (χ1v) is 9.47. The maximum absolute atomic E-state index is 13.3. The Kier molecular flexibility index (Phi) is 3.34. The Balaban J connectivity index is 1.48. The van der Waals surface area contributed by atoms with Crippen LogP contribution in [0.2, 0.25) is 0 Å². The van der Waals surface area contributed by atoms with Gasteiger partial charge in [-0.1, -0.05) is 26.0 Å². The van der Waals surface area contributed by atoms with Crippen LogP contribution >= 0.6 is 11.3 Å². The van der Waals surface area contributed by atoms with Gasteiger partial charge in [0.2, 0.25) is 5.91 Å². The average molecular weight is 331 g/mol. The van der Waals surface area contributed by atoms with Crippen LogP contribution in [0.4, 0.5) is 5.13 Å². The van der Waals surface area contributed by atoms with E-state index in [9.17, 15) is 4.79 Å². The molecule has 1 aromatic heterocycles. The summed E-state index contributed by atoms with van der Waals surface area (Å²) in [6.07, 6.45) is 5.05. The predicted molar refractivity (Wildman–Crippen MR) is 93.6 cm³/mol. The summed E-state index contributed by atoms with van der Waals surface area (Å²) >= 11 is 1.67. The number of rotatable bonds is 2. The maximum atomic E-state index is 13.3. The number of amides is 1. The smallest absolute Gasteiger partial charge is 0.233 e. The summed E-state index contributed by atoms with van der Waals surface area (Å²) in [7, 11) is 0. The van der Waals surface area contributed by atoms with Crippen LogP contribution in [0.3, 0.4) is 0 Å². The lowest BCUT2D eigenvalue weighted by Gasteiger charge is -2.42. The van der Waals surface area contributed by atoms with Gasteiger partial charge in [0.15, 0.2) is 5.13 Å². The largest absolute Gasteiger partial charge is 0.345 e. The van der Waals surface area contributed by atoms with Crippen molar-refractivity contribution in [2.24, 2.45) is 16.7 Å². The predicted octanol–water partition coefficient (Wildman–Crippen LogP) is 3.17. The van der Waals surface area contributed by atoms with E-state index in [1.165, 1.54) is 12.0 Å². The summed E-state index contributed by atoms with van der Waals surface area (Å²) < 4.78 is 0. The molecule has 2 bridgehead atoms. The van der Waals surface area contributed by atoms with Crippen LogP contribution in [0, 0.1) is 16.7 Å². The van der Waals surface area contributed by atoms with Crippen LogP contribution in [-0.4, -0.2) is 42.0 Å². The van der Waals surface area contributed by atoms with E-state index in [2.05, 4.69) is 35.2 Å². The van der Waals surface area contributed by atoms with E-state index in [-0.39, 0.29) is 10.8 Å². The minimum absolute atomic E-state index is 0.122. The van der Waals surface area contributed by atoms with Gasteiger partial charge in [0.25, 0.3) is 0 Å². The van der Waals surface area contributed by atoms with Crippen LogP contribution in [-0.2, 0) is 4.79 Å². The molecule has 4 nitrogen and oxygen atoms in total. The van der Waals surface area contributed by atoms with Gasteiger partial charge in [0, 0.05) is 37.8 Å². The molecule has 5 heteroatoms. The minimum atomic E-state index is -0.266. The average Bonchev–Trinajstić information content (AvgIpc) is 3.26. The molecule has 23 heavy (non-hydrogen) atoms. The lowest BCUT2D eigenvalue weighted by molar-refractivity contribution is -0.140. The molecule has 0 radical (unpaired) electrons. The summed E-state index contributed by atoms with van der Waals surface area (Å²) in [5.74, 6) is 0.977. The third-order valence-electron chi connectivity index (χ3n) is 6.56. The zero-order chi connectivity index (χ0) is 16.2. The molecular weight excluding hydrogens is 306 g/mol. The first-order valence-electron chi connectivity index (χ1n) is 8.59. The number of thiazole rings is 1. The van der Waals surface area contributed by atoms with Gasteiger partial charge in [0.05, 0.1) is 5.41 Å². The molecule has 0 spiro atoms. The number of carbonyl (C=O) groups excluding carboxylic acids is 1. The number of fused-ring (bicyclic) bond motifs is 2. The number of hydrogen-bond acceptors (Lipinski definition) is 4. The summed E-state index contributed by atoms with van der Waals surface area (Å²) in [4.78, 5) is 22.1. The van der Waals surface area contributed by atoms with Crippen molar-refractivity contribution < 1.29 is 4.79 Å². The first kappa shape index (κ1) is 15.2. The van der Waals surface area contributed by atoms with Crippen LogP contribution < -0.4 is 4.90 Å². The van der Waals surface area contributed by atoms with E-state index in [0.717, 1.165) is 44.2 Å². The van der Waals surface area contributed by atoms with Gasteiger partial charge < -0.3 is 9.80 Å². The van der Waals surface area contributed by atoms with Crippen LogP contribution in [0.15, 0.2) is 23.7 Å². The molecule has 0 unspecified atom stereocenters. The fourth-order valence-corrected chi connectivity index (χ4v) is 5.59. The van der Waals surface area contributed by atoms with Crippen molar-refractivity contribution in [1.82, 2.24) is 9.88 Å². The van der Waals surface area contributed by atoms with Crippen molar-refractivity contribution in [3.63, 3.8) is 0 Å². The van der Waals surface area contributed by atoms with Crippen LogP contribution in [0.5, 0.6) is 0 Å². The lowest BCUT2D eigenvalue weighted by atomic mass is 9.68. The van der Waals surface area contributed by atoms with Crippen molar-refractivity contribution in [2.45, 2.75) is 33.1 Å². The molecule has 2 saturated carbocycles. The molecule has 0 N–H and O–H groups in total. The number of aromatic nitrogens is 1. The van der Waals surface area contributed by atoms with Crippen molar-refractivity contribution in [3.8, 4) is 0 Å². The van der Waals surface area contributed by atoms with E-state index in [4.69, 9.17) is 0 Å². The Hall–Kier alpha value is -1.36. The highest BCUT2D eigenvalue weighted by Crippen LogP contribution is 2.65. The topological polar surface area (TPSA) is 36.4 Å². The molecule has 1 amide bonds. The molecule has 4 rings (SSSR count). The monoisotopic (exact) mass is 331 g/mol. The lowest BCUT2D eigenvalue weighted by Crippen LogP contribution is -2.53. The Labute approximate surface area is 142 Å². The number of nitrogens with zero attached hydrogens (tertiary/aromatic N) is 3. The molecule has 1 saturated heterocycles. The molecule has 1 aliphatic heterocycles. The summed E-state index contributed by atoms with van der Waals surface area (Å²) in [5, 5.41) is 3.08. The van der Waals surface area contributed by atoms with Crippen molar-refractivity contribution >= 4 is 22.4 Å². The summed E-state index contributed by atoms with van der Waals surface area (Å²) in [5.41, 5.74) is 1.04. The number of carbonyl (C=O) groups is 1. The van der Waals surface area contributed by atoms with Gasteiger partial charge in [-0.15, -0.1) is 11.3 Å². The first-order chi connectivity index (χ1) is 10.9. The van der Waals surface area contributed by atoms with Crippen LogP contribution in [0.25, 0.3) is 0 Å². The molecule has 2 atom stereocenters. The van der Waals surface area contributed by atoms with E-state index in [1.807, 2.05) is 11.6 Å². The number of piperazine rings is 1. The molecule has 2 aliphatic carbocycles. The number of anilines is 1. The maximum Gasteiger partial charge on any atom is 0.233 e. The standard InChI is InChI=1S/C18H25N3OS/c1-13-17(2,3)14-4-5-18(13,12-14)15(22)20-7-9-21(10-8-20)16-19-6-11-23-16/h6,11,14H,1,4-5,7-10,12H2,2-3H3/t14-,18-/m1/s1. The van der Waals surface area contributed by atoms with E-state index < -0.39 is 0 Å². The Morgan fingerprint density at radius 2 is 2.09 bits per heavy atom.